The quantitative estimate of drug-likeness (QED) is 0.814. The molecule has 3 nitrogen and oxygen atoms in total. The van der Waals surface area contributed by atoms with Crippen molar-refractivity contribution in [3.63, 3.8) is 0 Å². The Kier molecular flexibility index (Phi) is 5.28. The second-order valence-corrected chi connectivity index (χ2v) is 6.20. The Labute approximate surface area is 118 Å². The first-order valence-corrected chi connectivity index (χ1v) is 7.77. The first kappa shape index (κ1) is 14.4. The number of aryl methyl sites for hydroxylation is 1. The third kappa shape index (κ3) is 4.25. The fraction of sp³-hybridized carbons (Fsp3) is 0.533. The number of rotatable bonds is 5. The van der Waals surface area contributed by atoms with Gasteiger partial charge in [-0.1, -0.05) is 24.1 Å². The summed E-state index contributed by atoms with van der Waals surface area (Å²) in [4.78, 5) is 13.0. The van der Waals surface area contributed by atoms with Crippen LogP contribution < -0.4 is 5.32 Å². The number of aliphatic hydroxyl groups is 1. The lowest BCUT2D eigenvalue weighted by Gasteiger charge is -2.18. The number of thioether (sulfide) groups is 1. The summed E-state index contributed by atoms with van der Waals surface area (Å²) in [5.74, 6) is 0.752. The van der Waals surface area contributed by atoms with Crippen LogP contribution in [-0.4, -0.2) is 29.4 Å². The van der Waals surface area contributed by atoms with E-state index in [4.69, 9.17) is 0 Å². The molecule has 4 heteroatoms. The third-order valence-corrected chi connectivity index (χ3v) is 4.64. The van der Waals surface area contributed by atoms with Gasteiger partial charge in [0.05, 0.1) is 5.75 Å². The van der Waals surface area contributed by atoms with Crippen molar-refractivity contribution in [2.75, 3.05) is 12.4 Å². The molecule has 1 aliphatic carbocycles. The van der Waals surface area contributed by atoms with E-state index in [1.165, 1.54) is 5.56 Å². The number of carbonyl (C=O) groups excluding carboxylic acids is 1. The molecule has 0 bridgehead atoms. The fourth-order valence-corrected chi connectivity index (χ4v) is 3.19. The summed E-state index contributed by atoms with van der Waals surface area (Å²) < 4.78 is 0. The number of aliphatic hydroxyl groups excluding tert-OH is 1. The molecule has 0 aliphatic heterocycles. The molecule has 0 heterocycles. The Bertz CT molecular complexity index is 419. The van der Waals surface area contributed by atoms with Gasteiger partial charge in [-0.3, -0.25) is 4.79 Å². The van der Waals surface area contributed by atoms with Crippen molar-refractivity contribution in [3.05, 3.63) is 29.8 Å². The molecule has 19 heavy (non-hydrogen) atoms. The molecule has 0 spiro atoms. The highest BCUT2D eigenvalue weighted by Crippen LogP contribution is 2.25. The fourth-order valence-electron chi connectivity index (χ4n) is 2.48. The van der Waals surface area contributed by atoms with E-state index in [0.717, 1.165) is 24.2 Å². The van der Waals surface area contributed by atoms with Crippen molar-refractivity contribution in [1.82, 2.24) is 5.32 Å². The first-order chi connectivity index (χ1) is 9.19. The molecule has 1 aliphatic rings. The van der Waals surface area contributed by atoms with Crippen molar-refractivity contribution < 1.29 is 9.90 Å². The number of hydrogen-bond acceptors (Lipinski definition) is 3. The highest BCUT2D eigenvalue weighted by molar-refractivity contribution is 8.00. The summed E-state index contributed by atoms with van der Waals surface area (Å²) in [5, 5.41) is 12.3. The van der Waals surface area contributed by atoms with Crippen molar-refractivity contribution in [2.24, 2.45) is 5.92 Å². The summed E-state index contributed by atoms with van der Waals surface area (Å²) >= 11 is 1.55. The standard InChI is InChI=1S/C15H21NO2S/c1-11-5-7-13(8-6-11)19-10-15(18)16-14-4-2-3-12(14)9-17/h5-8,12,14,17H,2-4,9-10H2,1H3,(H,16,18). The van der Waals surface area contributed by atoms with Gasteiger partial charge in [0, 0.05) is 23.5 Å². The van der Waals surface area contributed by atoms with Crippen molar-refractivity contribution in [1.29, 1.82) is 0 Å². The van der Waals surface area contributed by atoms with Crippen molar-refractivity contribution in [3.8, 4) is 0 Å². The summed E-state index contributed by atoms with van der Waals surface area (Å²) in [6.45, 7) is 2.23. The molecule has 2 N–H and O–H groups in total. The molecule has 1 saturated carbocycles. The lowest BCUT2D eigenvalue weighted by molar-refractivity contribution is -0.119. The second-order valence-electron chi connectivity index (χ2n) is 5.15. The van der Waals surface area contributed by atoms with Crippen molar-refractivity contribution >= 4 is 17.7 Å². The number of hydrogen-bond donors (Lipinski definition) is 2. The summed E-state index contributed by atoms with van der Waals surface area (Å²) in [6, 6.07) is 8.35. The van der Waals surface area contributed by atoms with Gasteiger partial charge in [0.1, 0.15) is 0 Å². The molecule has 0 saturated heterocycles. The van der Waals surface area contributed by atoms with Crippen LogP contribution in [0.4, 0.5) is 0 Å². The van der Waals surface area contributed by atoms with E-state index in [0.29, 0.717) is 5.75 Å². The van der Waals surface area contributed by atoms with Crippen LogP contribution in [0.3, 0.4) is 0 Å². The third-order valence-electron chi connectivity index (χ3n) is 3.63. The van der Waals surface area contributed by atoms with Gasteiger partial charge in [0.15, 0.2) is 0 Å². The van der Waals surface area contributed by atoms with Crippen LogP contribution in [0.1, 0.15) is 24.8 Å². The normalized spacial score (nSPS) is 22.4. The maximum absolute atomic E-state index is 11.9. The molecule has 1 aromatic carbocycles. The predicted octanol–water partition coefficient (Wildman–Crippen LogP) is 2.36. The van der Waals surface area contributed by atoms with E-state index >= 15 is 0 Å². The van der Waals surface area contributed by atoms with Gasteiger partial charge >= 0.3 is 0 Å². The van der Waals surface area contributed by atoms with Crippen LogP contribution in [0.25, 0.3) is 0 Å². The van der Waals surface area contributed by atoms with Crippen LogP contribution in [0.5, 0.6) is 0 Å². The number of amides is 1. The molecular weight excluding hydrogens is 258 g/mol. The van der Waals surface area contributed by atoms with Gasteiger partial charge in [-0.05, 0) is 31.9 Å². The molecule has 2 unspecified atom stereocenters. The molecule has 1 amide bonds. The van der Waals surface area contributed by atoms with E-state index in [1.807, 2.05) is 12.1 Å². The lowest BCUT2D eigenvalue weighted by Crippen LogP contribution is -2.39. The molecule has 2 rings (SSSR count). The van der Waals surface area contributed by atoms with Crippen molar-refractivity contribution in [2.45, 2.75) is 37.1 Å². The number of benzene rings is 1. The van der Waals surface area contributed by atoms with Gasteiger partial charge in [-0.2, -0.15) is 0 Å². The van der Waals surface area contributed by atoms with E-state index in [-0.39, 0.29) is 24.5 Å². The topological polar surface area (TPSA) is 49.3 Å². The highest BCUT2D eigenvalue weighted by atomic mass is 32.2. The monoisotopic (exact) mass is 279 g/mol. The molecule has 2 atom stereocenters. The van der Waals surface area contributed by atoms with E-state index in [2.05, 4.69) is 24.4 Å². The predicted molar refractivity (Wildman–Crippen MR) is 78.3 cm³/mol. The molecule has 1 fully saturated rings. The minimum atomic E-state index is 0.0657. The zero-order chi connectivity index (χ0) is 13.7. The summed E-state index contributed by atoms with van der Waals surface area (Å²) in [5.41, 5.74) is 1.23. The summed E-state index contributed by atoms with van der Waals surface area (Å²) in [6.07, 6.45) is 3.11. The van der Waals surface area contributed by atoms with Gasteiger partial charge in [-0.25, -0.2) is 0 Å². The van der Waals surface area contributed by atoms with Gasteiger partial charge in [0.25, 0.3) is 0 Å². The van der Waals surface area contributed by atoms with Gasteiger partial charge in [-0.15, -0.1) is 11.8 Å². The minimum Gasteiger partial charge on any atom is -0.396 e. The molecule has 104 valence electrons. The zero-order valence-electron chi connectivity index (χ0n) is 11.3. The summed E-state index contributed by atoms with van der Waals surface area (Å²) in [7, 11) is 0. The Morgan fingerprint density at radius 3 is 2.79 bits per heavy atom. The maximum atomic E-state index is 11.9. The average Bonchev–Trinajstić information content (AvgIpc) is 2.85. The van der Waals surface area contributed by atoms with Crippen LogP contribution in [-0.2, 0) is 4.79 Å². The molecule has 0 radical (unpaired) electrons. The number of carbonyl (C=O) groups is 1. The molecule has 1 aromatic rings. The van der Waals surface area contributed by atoms with E-state index in [9.17, 15) is 9.90 Å². The highest BCUT2D eigenvalue weighted by Gasteiger charge is 2.27. The molecular formula is C15H21NO2S. The largest absolute Gasteiger partial charge is 0.396 e. The van der Waals surface area contributed by atoms with Crippen LogP contribution in [0.2, 0.25) is 0 Å². The van der Waals surface area contributed by atoms with Gasteiger partial charge in [0.2, 0.25) is 5.91 Å². The smallest absolute Gasteiger partial charge is 0.230 e. The van der Waals surface area contributed by atoms with E-state index < -0.39 is 0 Å². The molecule has 0 aromatic heterocycles. The Morgan fingerprint density at radius 1 is 1.37 bits per heavy atom. The Hall–Kier alpha value is -1.00. The minimum absolute atomic E-state index is 0.0657. The maximum Gasteiger partial charge on any atom is 0.230 e. The lowest BCUT2D eigenvalue weighted by atomic mass is 10.1. The SMILES string of the molecule is Cc1ccc(SCC(=O)NC2CCCC2CO)cc1. The second kappa shape index (κ2) is 6.96. The van der Waals surface area contributed by atoms with Crippen LogP contribution in [0, 0.1) is 12.8 Å². The Morgan fingerprint density at radius 2 is 2.11 bits per heavy atom. The van der Waals surface area contributed by atoms with Crippen LogP contribution in [0.15, 0.2) is 29.2 Å². The Balaban J connectivity index is 1.77. The number of nitrogens with one attached hydrogen (secondary N) is 1. The van der Waals surface area contributed by atoms with Gasteiger partial charge < -0.3 is 10.4 Å². The van der Waals surface area contributed by atoms with E-state index in [1.54, 1.807) is 11.8 Å². The average molecular weight is 279 g/mol. The zero-order valence-corrected chi connectivity index (χ0v) is 12.1. The van der Waals surface area contributed by atoms with Crippen LogP contribution >= 0.6 is 11.8 Å². The first-order valence-electron chi connectivity index (χ1n) is 6.78.